The molecule has 18 heteroatoms. The van der Waals surface area contributed by atoms with Crippen LogP contribution in [0.5, 0.6) is 11.5 Å². The van der Waals surface area contributed by atoms with Crippen LogP contribution in [0.3, 0.4) is 0 Å². The van der Waals surface area contributed by atoms with Crippen LogP contribution in [0.15, 0.2) is 188 Å². The van der Waals surface area contributed by atoms with Crippen molar-refractivity contribution in [3.63, 3.8) is 0 Å². The van der Waals surface area contributed by atoms with Gasteiger partial charge in [-0.3, -0.25) is 45.0 Å². The monoisotopic (exact) mass is 1100 g/mol. The van der Waals surface area contributed by atoms with Crippen LogP contribution in [0.2, 0.25) is 10.0 Å². The van der Waals surface area contributed by atoms with Crippen LogP contribution in [0, 0.1) is 0 Å². The molecular weight excluding hydrogens is 1040 g/mol. The molecule has 6 amide bonds. The molecule has 3 N–H and O–H groups in total. The van der Waals surface area contributed by atoms with Gasteiger partial charge in [-0.05, 0) is 171 Å². The normalized spacial score (nSPS) is 11.1. The van der Waals surface area contributed by atoms with Gasteiger partial charge in [0.1, 0.15) is 11.5 Å². The smallest absolute Gasteiger partial charge is 0.416 e. The maximum atomic E-state index is 13.1. The first-order chi connectivity index (χ1) is 36.7. The Bertz CT molecular complexity index is 3140. The molecule has 0 saturated heterocycles. The van der Waals surface area contributed by atoms with E-state index in [0.29, 0.717) is 38.6 Å². The van der Waals surface area contributed by atoms with Crippen LogP contribution < -0.4 is 21.0 Å². The standard InChI is InChI=1S/C24H24N2O3.C19H19F3N2O2.C17H16Cl2N2O2/c1-24(2,3)26(25-22(27)18-10-6-4-7-11-18)23(28)19-14-16-21(17-15-19)29-20-12-8-5-9-13-20;1-18(2,3)24(17(26)14-7-5-4-6-8-14)23-16(25)13-9-11-15(12-10-13)19(20,21)22;1-11(2)21(20-16(22)12-6-4-3-5-7-12)17(23)13-8-9-14(18)15(19)10-13/h4-17H,1-3H3,(H,25,27);4-12H,1-3H3,(H,23,25);3-11H,1-2H3,(H,20,22). The van der Waals surface area contributed by atoms with Gasteiger partial charge < -0.3 is 4.74 Å². The van der Waals surface area contributed by atoms with Gasteiger partial charge in [0.2, 0.25) is 0 Å². The summed E-state index contributed by atoms with van der Waals surface area (Å²) in [6.07, 6.45) is -4.48. The van der Waals surface area contributed by atoms with E-state index in [1.165, 1.54) is 21.1 Å². The van der Waals surface area contributed by atoms with Crippen LogP contribution in [0.4, 0.5) is 13.2 Å². The Morgan fingerprint density at radius 3 is 1.17 bits per heavy atom. The molecule has 0 fully saturated rings. The van der Waals surface area contributed by atoms with Gasteiger partial charge in [-0.15, -0.1) is 0 Å². The fraction of sp³-hybridized carbons (Fsp3) is 0.200. The number of hydrazine groups is 3. The molecular formula is C60H59Cl2F3N6O7. The zero-order valence-electron chi connectivity index (χ0n) is 44.1. The fourth-order valence-electron chi connectivity index (χ4n) is 6.85. The maximum absolute atomic E-state index is 13.1. The van der Waals surface area contributed by atoms with Crippen LogP contribution in [-0.2, 0) is 6.18 Å². The Balaban J connectivity index is 0.000000217. The highest BCUT2D eigenvalue weighted by molar-refractivity contribution is 6.42. The molecule has 0 radical (unpaired) electrons. The summed E-state index contributed by atoms with van der Waals surface area (Å²) in [4.78, 5) is 75.7. The number of halogens is 5. The van der Waals surface area contributed by atoms with Gasteiger partial charge in [-0.2, -0.15) is 13.2 Å². The summed E-state index contributed by atoms with van der Waals surface area (Å²) in [6.45, 7) is 14.4. The average Bonchev–Trinajstić information content (AvgIpc) is 3.42. The number of hydrogen-bond donors (Lipinski definition) is 3. The molecule has 0 aliphatic carbocycles. The van der Waals surface area contributed by atoms with Crippen molar-refractivity contribution in [2.75, 3.05) is 0 Å². The van der Waals surface area contributed by atoms with Gasteiger partial charge in [-0.25, -0.2) is 15.0 Å². The molecule has 7 aromatic carbocycles. The SMILES string of the molecule is CC(C)(C)N(NC(=O)c1ccc(C(F)(F)F)cc1)C(=O)c1ccccc1.CC(C)(C)N(NC(=O)c1ccccc1)C(=O)c1ccc(Oc2ccccc2)cc1.CC(C)N(NC(=O)c1ccccc1)C(=O)c1ccc(Cl)c(Cl)c1. The molecule has 0 aromatic heterocycles. The highest BCUT2D eigenvalue weighted by atomic mass is 35.5. The number of rotatable bonds is 9. The Morgan fingerprint density at radius 2 is 0.769 bits per heavy atom. The molecule has 0 heterocycles. The quantitative estimate of drug-likeness (QED) is 0.121. The van der Waals surface area contributed by atoms with Crippen molar-refractivity contribution >= 4 is 58.6 Å². The number of nitrogens with one attached hydrogen (secondary N) is 3. The van der Waals surface area contributed by atoms with Gasteiger partial charge in [0.15, 0.2) is 0 Å². The van der Waals surface area contributed by atoms with Crippen molar-refractivity contribution in [2.45, 2.75) is 78.7 Å². The molecule has 13 nitrogen and oxygen atoms in total. The Hall–Kier alpha value is -8.47. The summed E-state index contributed by atoms with van der Waals surface area (Å²) < 4.78 is 43.7. The molecule has 0 atom stereocenters. The first kappa shape index (κ1) is 60.4. The molecule has 7 rings (SSSR count). The fourth-order valence-corrected chi connectivity index (χ4v) is 7.15. The molecule has 406 valence electrons. The number of hydrogen-bond acceptors (Lipinski definition) is 7. The van der Waals surface area contributed by atoms with E-state index in [4.69, 9.17) is 27.9 Å². The third-order valence-electron chi connectivity index (χ3n) is 10.9. The molecule has 0 unspecified atom stereocenters. The Kier molecular flexibility index (Phi) is 20.9. The molecule has 0 saturated carbocycles. The largest absolute Gasteiger partial charge is 0.457 e. The lowest BCUT2D eigenvalue weighted by Gasteiger charge is -2.35. The van der Waals surface area contributed by atoms with E-state index in [-0.39, 0.29) is 40.3 Å². The van der Waals surface area contributed by atoms with Gasteiger partial charge in [-0.1, -0.05) is 96.0 Å². The van der Waals surface area contributed by atoms with Gasteiger partial charge in [0, 0.05) is 39.4 Å². The third-order valence-corrected chi connectivity index (χ3v) is 11.7. The topological polar surface area (TPSA) is 157 Å². The number of para-hydroxylation sites is 1. The number of alkyl halides is 3. The van der Waals surface area contributed by atoms with Crippen LogP contribution in [0.25, 0.3) is 0 Å². The Morgan fingerprint density at radius 1 is 0.423 bits per heavy atom. The van der Waals surface area contributed by atoms with E-state index >= 15 is 0 Å². The summed E-state index contributed by atoms with van der Waals surface area (Å²) in [7, 11) is 0. The summed E-state index contributed by atoms with van der Waals surface area (Å²) in [5, 5.41) is 4.45. The highest BCUT2D eigenvalue weighted by Crippen LogP contribution is 2.30. The maximum Gasteiger partial charge on any atom is 0.416 e. The van der Waals surface area contributed by atoms with E-state index in [1.54, 1.807) is 150 Å². The molecule has 0 bridgehead atoms. The van der Waals surface area contributed by atoms with E-state index < -0.39 is 34.6 Å². The molecule has 7 aromatic rings. The molecule has 78 heavy (non-hydrogen) atoms. The molecule has 0 aliphatic rings. The first-order valence-electron chi connectivity index (χ1n) is 24.3. The number of carbonyl (C=O) groups excluding carboxylic acids is 6. The minimum Gasteiger partial charge on any atom is -0.457 e. The zero-order valence-corrected chi connectivity index (χ0v) is 45.6. The summed E-state index contributed by atoms with van der Waals surface area (Å²) in [6, 6.07) is 50.3. The van der Waals surface area contributed by atoms with Crippen LogP contribution in [0.1, 0.15) is 123 Å². The molecule has 0 aliphatic heterocycles. The third kappa shape index (κ3) is 17.5. The predicted octanol–water partition coefficient (Wildman–Crippen LogP) is 13.5. The second kappa shape index (κ2) is 27.0. The summed E-state index contributed by atoms with van der Waals surface area (Å²) in [5.41, 5.74) is 7.84. The summed E-state index contributed by atoms with van der Waals surface area (Å²) in [5.74, 6) is -1.08. The van der Waals surface area contributed by atoms with Gasteiger partial charge in [0.05, 0.1) is 26.7 Å². The zero-order chi connectivity index (χ0) is 57.4. The number of benzene rings is 7. The van der Waals surface area contributed by atoms with Crippen molar-refractivity contribution in [2.24, 2.45) is 0 Å². The minimum absolute atomic E-state index is 0.0214. The van der Waals surface area contributed by atoms with E-state index in [9.17, 15) is 41.9 Å². The summed E-state index contributed by atoms with van der Waals surface area (Å²) >= 11 is 11.8. The second-order valence-electron chi connectivity index (χ2n) is 19.5. The van der Waals surface area contributed by atoms with Crippen molar-refractivity contribution < 1.29 is 46.7 Å². The van der Waals surface area contributed by atoms with Gasteiger partial charge in [0.25, 0.3) is 35.4 Å². The van der Waals surface area contributed by atoms with Crippen molar-refractivity contribution in [3.8, 4) is 11.5 Å². The van der Waals surface area contributed by atoms with Crippen LogP contribution >= 0.6 is 23.2 Å². The van der Waals surface area contributed by atoms with Crippen molar-refractivity contribution in [3.05, 3.63) is 237 Å². The first-order valence-corrected chi connectivity index (χ1v) is 25.1. The Labute approximate surface area is 461 Å². The van der Waals surface area contributed by atoms with Gasteiger partial charge >= 0.3 is 6.18 Å². The van der Waals surface area contributed by atoms with Crippen molar-refractivity contribution in [1.82, 2.24) is 31.3 Å². The lowest BCUT2D eigenvalue weighted by atomic mass is 10.1. The number of ether oxygens (including phenoxy) is 1. The van der Waals surface area contributed by atoms with E-state index in [0.717, 1.165) is 30.0 Å². The number of nitrogens with zero attached hydrogens (tertiary/aromatic N) is 3. The lowest BCUT2D eigenvalue weighted by Crippen LogP contribution is -2.55. The van der Waals surface area contributed by atoms with Crippen molar-refractivity contribution in [1.29, 1.82) is 0 Å². The predicted molar refractivity (Wildman–Crippen MR) is 296 cm³/mol. The average molecular weight is 1100 g/mol. The number of amides is 6. The lowest BCUT2D eigenvalue weighted by molar-refractivity contribution is -0.137. The number of carbonyl (C=O) groups is 6. The second-order valence-corrected chi connectivity index (χ2v) is 20.3. The molecule has 0 spiro atoms. The van der Waals surface area contributed by atoms with Crippen LogP contribution in [-0.4, -0.2) is 67.6 Å². The minimum atomic E-state index is -4.48. The van der Waals surface area contributed by atoms with E-state index in [2.05, 4.69) is 16.3 Å². The highest BCUT2D eigenvalue weighted by Gasteiger charge is 2.33. The van der Waals surface area contributed by atoms with E-state index in [1.807, 2.05) is 63.2 Å².